The molecule has 0 N–H and O–H groups in total. The van der Waals surface area contributed by atoms with Gasteiger partial charge < -0.3 is 4.90 Å². The van der Waals surface area contributed by atoms with Gasteiger partial charge in [0.15, 0.2) is 0 Å². The number of sulfonamides is 1. The van der Waals surface area contributed by atoms with E-state index in [2.05, 4.69) is 21.7 Å². The molecular weight excluding hydrogens is 370 g/mol. The molecule has 1 amide bonds. The summed E-state index contributed by atoms with van der Waals surface area (Å²) in [5, 5.41) is 4.23. The predicted molar refractivity (Wildman–Crippen MR) is 102 cm³/mol. The Morgan fingerprint density at radius 1 is 1.31 bits per heavy atom. The minimum atomic E-state index is -3.25. The van der Waals surface area contributed by atoms with Gasteiger partial charge in [-0.1, -0.05) is 0 Å². The first-order chi connectivity index (χ1) is 12.4. The van der Waals surface area contributed by atoms with Crippen LogP contribution in [0.1, 0.15) is 31.2 Å². The van der Waals surface area contributed by atoms with E-state index in [1.165, 1.54) is 9.87 Å². The normalized spacial score (nSPS) is 32.5. The smallest absolute Gasteiger partial charge is 0.231 e. The van der Waals surface area contributed by atoms with Crippen molar-refractivity contribution in [3.63, 3.8) is 0 Å². The third-order valence-corrected chi connectivity index (χ3v) is 8.94. The molecule has 0 aromatic carbocycles. The first kappa shape index (κ1) is 18.4. The number of carbonyl (C=O) groups is 1. The number of nitrogens with zero attached hydrogens (tertiary/aromatic N) is 3. The molecule has 3 aliphatic rings. The third kappa shape index (κ3) is 3.10. The molecule has 2 atom stereocenters. The van der Waals surface area contributed by atoms with Gasteiger partial charge in [0.1, 0.15) is 0 Å². The summed E-state index contributed by atoms with van der Waals surface area (Å²) < 4.78 is 26.4. The highest BCUT2D eigenvalue weighted by atomic mass is 32.2. The molecule has 0 bridgehead atoms. The van der Waals surface area contributed by atoms with Gasteiger partial charge in [-0.05, 0) is 48.1 Å². The van der Waals surface area contributed by atoms with Crippen molar-refractivity contribution in [2.75, 3.05) is 39.0 Å². The van der Waals surface area contributed by atoms with Crippen LogP contribution in [0.25, 0.3) is 0 Å². The van der Waals surface area contributed by atoms with Crippen molar-refractivity contribution in [1.82, 2.24) is 14.1 Å². The molecule has 0 saturated carbocycles. The highest BCUT2D eigenvalue weighted by Crippen LogP contribution is 2.44. The van der Waals surface area contributed by atoms with Crippen molar-refractivity contribution in [1.29, 1.82) is 0 Å². The molecule has 3 aliphatic heterocycles. The molecule has 1 aromatic heterocycles. The molecule has 4 rings (SSSR count). The number of piperidine rings is 1. The molecule has 0 unspecified atom stereocenters. The van der Waals surface area contributed by atoms with Crippen LogP contribution < -0.4 is 0 Å². The van der Waals surface area contributed by atoms with Gasteiger partial charge in [-0.2, -0.15) is 11.3 Å². The van der Waals surface area contributed by atoms with Crippen LogP contribution in [0.4, 0.5) is 0 Å². The average Bonchev–Trinajstić information content (AvgIpc) is 3.32. The lowest BCUT2D eigenvalue weighted by atomic mass is 9.71. The summed E-state index contributed by atoms with van der Waals surface area (Å²) in [6, 6.07) is 1.91. The van der Waals surface area contributed by atoms with E-state index in [1.54, 1.807) is 18.4 Å². The third-order valence-electron chi connectivity index (χ3n) is 6.35. The molecule has 6 nitrogen and oxygen atoms in total. The molecule has 144 valence electrons. The molecule has 0 spiro atoms. The van der Waals surface area contributed by atoms with E-state index in [0.717, 1.165) is 45.4 Å². The number of hydrogen-bond donors (Lipinski definition) is 0. The Morgan fingerprint density at radius 2 is 2.08 bits per heavy atom. The van der Waals surface area contributed by atoms with Gasteiger partial charge in [-0.25, -0.2) is 12.7 Å². The van der Waals surface area contributed by atoms with Gasteiger partial charge in [0.2, 0.25) is 15.9 Å². The summed E-state index contributed by atoms with van der Waals surface area (Å²) in [6.45, 7) is 3.95. The van der Waals surface area contributed by atoms with Crippen molar-refractivity contribution in [3.05, 3.63) is 22.4 Å². The fraction of sp³-hybridized carbons (Fsp3) is 0.722. The van der Waals surface area contributed by atoms with E-state index in [1.807, 2.05) is 4.90 Å². The van der Waals surface area contributed by atoms with Crippen molar-refractivity contribution < 1.29 is 13.2 Å². The molecule has 3 fully saturated rings. The Bertz CT molecular complexity index is 759. The maximum Gasteiger partial charge on any atom is 0.231 e. The maximum atomic E-state index is 13.5. The van der Waals surface area contributed by atoms with E-state index in [9.17, 15) is 13.2 Å². The monoisotopic (exact) mass is 397 g/mol. The Balaban J connectivity index is 1.63. The summed E-state index contributed by atoms with van der Waals surface area (Å²) in [5.74, 6) is 0.253. The molecular formula is C18H27N3O3S2. The van der Waals surface area contributed by atoms with Crippen LogP contribution >= 0.6 is 11.3 Å². The zero-order valence-corrected chi connectivity index (χ0v) is 16.9. The SMILES string of the molecule is CN1[C@@H]2CCN(Cc3ccsc3)C[C@@]2(C(=O)N2CCCC2)CCS1(=O)=O. The van der Waals surface area contributed by atoms with Crippen LogP contribution in [-0.2, 0) is 21.4 Å². The lowest BCUT2D eigenvalue weighted by Gasteiger charge is -2.53. The summed E-state index contributed by atoms with van der Waals surface area (Å²) in [7, 11) is -1.58. The van der Waals surface area contributed by atoms with Crippen LogP contribution in [0.3, 0.4) is 0 Å². The van der Waals surface area contributed by atoms with Crippen LogP contribution in [0, 0.1) is 5.41 Å². The van der Waals surface area contributed by atoms with Crippen molar-refractivity contribution in [3.8, 4) is 0 Å². The highest BCUT2D eigenvalue weighted by Gasteiger charge is 2.57. The summed E-state index contributed by atoms with van der Waals surface area (Å²) in [5.41, 5.74) is 0.674. The quantitative estimate of drug-likeness (QED) is 0.777. The van der Waals surface area contributed by atoms with E-state index in [0.29, 0.717) is 13.0 Å². The fourth-order valence-corrected chi connectivity index (χ4v) is 7.18. The van der Waals surface area contributed by atoms with Gasteiger partial charge in [0, 0.05) is 45.8 Å². The van der Waals surface area contributed by atoms with Gasteiger partial charge in [0.25, 0.3) is 0 Å². The standard InChI is InChI=1S/C18H27N3O3S2/c1-19-16-4-9-20(12-15-5-10-25-13-15)14-18(16,6-11-26(19,23)24)17(22)21-7-2-3-8-21/h5,10,13,16H,2-4,6-9,11-12,14H2,1H3/t16-,18+/m1/s1. The summed E-state index contributed by atoms with van der Waals surface area (Å²) >= 11 is 1.69. The van der Waals surface area contributed by atoms with E-state index >= 15 is 0 Å². The average molecular weight is 398 g/mol. The van der Waals surface area contributed by atoms with Crippen LogP contribution in [0.2, 0.25) is 0 Å². The Hall–Kier alpha value is -0.960. The van der Waals surface area contributed by atoms with Gasteiger partial charge >= 0.3 is 0 Å². The van der Waals surface area contributed by atoms with Crippen molar-refractivity contribution >= 4 is 27.3 Å². The second-order valence-electron chi connectivity index (χ2n) is 7.88. The highest BCUT2D eigenvalue weighted by molar-refractivity contribution is 7.89. The lowest BCUT2D eigenvalue weighted by molar-refractivity contribution is -0.150. The van der Waals surface area contributed by atoms with Gasteiger partial charge in [-0.3, -0.25) is 9.69 Å². The molecule has 4 heterocycles. The summed E-state index contributed by atoms with van der Waals surface area (Å²) in [6.07, 6.45) is 3.28. The molecule has 26 heavy (non-hydrogen) atoms. The first-order valence-corrected chi connectivity index (χ1v) is 12.0. The number of amides is 1. The van der Waals surface area contributed by atoms with Crippen LogP contribution in [0.15, 0.2) is 16.8 Å². The Labute approximate surface area is 159 Å². The Kier molecular flexibility index (Phi) is 4.88. The number of rotatable bonds is 3. The van der Waals surface area contributed by atoms with Crippen molar-refractivity contribution in [2.45, 2.75) is 38.3 Å². The topological polar surface area (TPSA) is 60.9 Å². The summed E-state index contributed by atoms with van der Waals surface area (Å²) in [4.78, 5) is 17.9. The second kappa shape index (κ2) is 6.89. The molecule has 8 heteroatoms. The first-order valence-electron chi connectivity index (χ1n) is 9.41. The Morgan fingerprint density at radius 3 is 2.77 bits per heavy atom. The number of hydrogen-bond acceptors (Lipinski definition) is 5. The number of thiophene rings is 1. The zero-order valence-electron chi connectivity index (χ0n) is 15.3. The number of fused-ring (bicyclic) bond motifs is 1. The van der Waals surface area contributed by atoms with E-state index in [4.69, 9.17) is 0 Å². The predicted octanol–water partition coefficient (Wildman–Crippen LogP) is 1.60. The maximum absolute atomic E-state index is 13.5. The van der Waals surface area contributed by atoms with Gasteiger partial charge in [-0.15, -0.1) is 0 Å². The van der Waals surface area contributed by atoms with Crippen LogP contribution in [-0.4, -0.2) is 73.5 Å². The molecule has 3 saturated heterocycles. The fourth-order valence-electron chi connectivity index (χ4n) is 4.92. The minimum absolute atomic E-state index is 0.0753. The van der Waals surface area contributed by atoms with Gasteiger partial charge in [0.05, 0.1) is 11.2 Å². The van der Waals surface area contributed by atoms with E-state index < -0.39 is 15.4 Å². The van der Waals surface area contributed by atoms with Crippen molar-refractivity contribution in [2.24, 2.45) is 5.41 Å². The number of likely N-dealkylation sites (tertiary alicyclic amines) is 2. The second-order valence-corrected chi connectivity index (χ2v) is 10.8. The largest absolute Gasteiger partial charge is 0.342 e. The molecule has 0 radical (unpaired) electrons. The molecule has 1 aromatic rings. The zero-order chi connectivity index (χ0) is 18.4. The van der Waals surface area contributed by atoms with E-state index in [-0.39, 0.29) is 17.7 Å². The number of carbonyl (C=O) groups excluding carboxylic acids is 1. The lowest BCUT2D eigenvalue weighted by Crippen LogP contribution is -2.67. The minimum Gasteiger partial charge on any atom is -0.342 e. The molecule has 0 aliphatic carbocycles. The van der Waals surface area contributed by atoms with Crippen LogP contribution in [0.5, 0.6) is 0 Å².